The van der Waals surface area contributed by atoms with Crippen molar-refractivity contribution in [1.82, 2.24) is 10.2 Å². The first-order valence-corrected chi connectivity index (χ1v) is 16.2. The van der Waals surface area contributed by atoms with Gasteiger partial charge in [0.05, 0.1) is 11.9 Å². The molecule has 7 nitrogen and oxygen atoms in total. The van der Waals surface area contributed by atoms with E-state index in [1.165, 1.54) is 10.6 Å². The number of amides is 2. The zero-order valence-electron chi connectivity index (χ0n) is 26.0. The van der Waals surface area contributed by atoms with E-state index in [2.05, 4.69) is 5.32 Å². The number of aryl methyl sites for hydroxylation is 3. The van der Waals surface area contributed by atoms with E-state index >= 15 is 0 Å². The maximum absolute atomic E-state index is 14.0. The molecule has 3 rings (SSSR count). The number of rotatable bonds is 12. The van der Waals surface area contributed by atoms with Gasteiger partial charge < -0.3 is 10.2 Å². The summed E-state index contributed by atoms with van der Waals surface area (Å²) in [6.45, 7) is 12.0. The second kappa shape index (κ2) is 14.0. The first-order chi connectivity index (χ1) is 19.6. The highest BCUT2D eigenvalue weighted by Gasteiger charge is 2.32. The van der Waals surface area contributed by atoms with Crippen LogP contribution in [-0.4, -0.2) is 49.5 Å². The lowest BCUT2D eigenvalue weighted by molar-refractivity contribution is -0.142. The smallest absolute Gasteiger partial charge is 0.243 e. The minimum atomic E-state index is -3.57. The van der Waals surface area contributed by atoms with Crippen LogP contribution >= 0.6 is 0 Å². The van der Waals surface area contributed by atoms with Crippen LogP contribution in [-0.2, 0) is 32.6 Å². The number of benzene rings is 3. The van der Waals surface area contributed by atoms with Gasteiger partial charge >= 0.3 is 0 Å². The normalized spacial score (nSPS) is 12.5. The lowest BCUT2D eigenvalue weighted by Crippen LogP contribution is -2.54. The predicted octanol–water partition coefficient (Wildman–Crippen LogP) is 5.71. The number of hydrogen-bond acceptors (Lipinski definition) is 4. The van der Waals surface area contributed by atoms with Crippen molar-refractivity contribution in [2.75, 3.05) is 17.1 Å². The second-order valence-electron chi connectivity index (χ2n) is 12.2. The third kappa shape index (κ3) is 10.0. The van der Waals surface area contributed by atoms with Crippen molar-refractivity contribution in [3.63, 3.8) is 0 Å². The van der Waals surface area contributed by atoms with Gasteiger partial charge in [0.25, 0.3) is 0 Å². The minimum absolute atomic E-state index is 0.0940. The molecule has 0 spiro atoms. The van der Waals surface area contributed by atoms with Crippen LogP contribution in [0.25, 0.3) is 0 Å². The molecule has 0 saturated heterocycles. The Morgan fingerprint density at radius 3 is 1.98 bits per heavy atom. The molecule has 0 saturated carbocycles. The second-order valence-corrected chi connectivity index (χ2v) is 14.1. The van der Waals surface area contributed by atoms with Crippen molar-refractivity contribution in [1.29, 1.82) is 0 Å². The quantitative estimate of drug-likeness (QED) is 0.292. The number of anilines is 1. The zero-order chi connectivity index (χ0) is 31.1. The van der Waals surface area contributed by atoms with Gasteiger partial charge in [-0.05, 0) is 82.3 Å². The third-order valence-corrected chi connectivity index (χ3v) is 8.08. The van der Waals surface area contributed by atoms with E-state index in [4.69, 9.17) is 0 Å². The van der Waals surface area contributed by atoms with E-state index < -0.39 is 21.6 Å². The van der Waals surface area contributed by atoms with Crippen LogP contribution in [0.15, 0.2) is 72.8 Å². The lowest BCUT2D eigenvalue weighted by atomic mass is 10.00. The molecule has 0 aliphatic heterocycles. The Labute approximate surface area is 252 Å². The van der Waals surface area contributed by atoms with Crippen LogP contribution in [0.4, 0.5) is 5.69 Å². The molecule has 226 valence electrons. The fourth-order valence-corrected chi connectivity index (χ4v) is 5.94. The zero-order valence-corrected chi connectivity index (χ0v) is 26.8. The summed E-state index contributed by atoms with van der Waals surface area (Å²) < 4.78 is 26.8. The summed E-state index contributed by atoms with van der Waals surface area (Å²) in [7, 11) is -3.57. The molecule has 8 heteroatoms. The number of sulfonamides is 1. The van der Waals surface area contributed by atoms with Crippen molar-refractivity contribution in [3.05, 3.63) is 101 Å². The Morgan fingerprint density at radius 1 is 0.833 bits per heavy atom. The van der Waals surface area contributed by atoms with Gasteiger partial charge in [-0.15, -0.1) is 0 Å². The van der Waals surface area contributed by atoms with Crippen LogP contribution in [0.1, 0.15) is 61.4 Å². The van der Waals surface area contributed by atoms with Gasteiger partial charge in [0, 0.05) is 31.5 Å². The molecule has 2 amide bonds. The maximum Gasteiger partial charge on any atom is 0.243 e. The van der Waals surface area contributed by atoms with Gasteiger partial charge in [0.15, 0.2) is 0 Å². The van der Waals surface area contributed by atoms with E-state index in [0.717, 1.165) is 27.8 Å². The van der Waals surface area contributed by atoms with Crippen molar-refractivity contribution < 1.29 is 18.0 Å². The molecule has 42 heavy (non-hydrogen) atoms. The molecular formula is C34H45N3O4S. The molecular weight excluding hydrogens is 546 g/mol. The van der Waals surface area contributed by atoms with Crippen molar-refractivity contribution in [3.8, 4) is 0 Å². The lowest BCUT2D eigenvalue weighted by Gasteiger charge is -2.34. The summed E-state index contributed by atoms with van der Waals surface area (Å²) >= 11 is 0. The first-order valence-electron chi connectivity index (χ1n) is 14.4. The molecule has 3 aromatic carbocycles. The van der Waals surface area contributed by atoms with Crippen LogP contribution in [0.5, 0.6) is 0 Å². The van der Waals surface area contributed by atoms with E-state index in [9.17, 15) is 18.0 Å². The fraction of sp³-hybridized carbons (Fsp3) is 0.412. The number of nitrogens with one attached hydrogen (secondary N) is 1. The summed E-state index contributed by atoms with van der Waals surface area (Å²) in [4.78, 5) is 29.3. The topological polar surface area (TPSA) is 86.8 Å². The summed E-state index contributed by atoms with van der Waals surface area (Å²) in [5.41, 5.74) is 5.02. The van der Waals surface area contributed by atoms with Gasteiger partial charge in [-0.25, -0.2) is 8.42 Å². The number of carbonyl (C=O) groups excluding carboxylic acids is 2. The van der Waals surface area contributed by atoms with Crippen LogP contribution in [0.2, 0.25) is 0 Å². The summed E-state index contributed by atoms with van der Waals surface area (Å²) in [5.74, 6) is -0.422. The average Bonchev–Trinajstić information content (AvgIpc) is 2.88. The van der Waals surface area contributed by atoms with Gasteiger partial charge in [0.2, 0.25) is 21.8 Å². The molecule has 0 radical (unpaired) electrons. The minimum Gasteiger partial charge on any atom is -0.350 e. The van der Waals surface area contributed by atoms with Crippen molar-refractivity contribution >= 4 is 27.5 Å². The van der Waals surface area contributed by atoms with E-state index in [0.29, 0.717) is 18.5 Å². The van der Waals surface area contributed by atoms with Crippen LogP contribution < -0.4 is 9.62 Å². The highest BCUT2D eigenvalue weighted by atomic mass is 32.2. The van der Waals surface area contributed by atoms with Gasteiger partial charge in [-0.3, -0.25) is 13.9 Å². The Bertz CT molecular complexity index is 1440. The monoisotopic (exact) mass is 591 g/mol. The highest BCUT2D eigenvalue weighted by Crippen LogP contribution is 2.23. The highest BCUT2D eigenvalue weighted by molar-refractivity contribution is 7.92. The maximum atomic E-state index is 14.0. The molecule has 0 aromatic heterocycles. The predicted molar refractivity (Wildman–Crippen MR) is 171 cm³/mol. The van der Waals surface area contributed by atoms with E-state index in [1.54, 1.807) is 4.90 Å². The van der Waals surface area contributed by atoms with Gasteiger partial charge in [0.1, 0.15) is 6.04 Å². The molecule has 0 fully saturated rings. The Morgan fingerprint density at radius 2 is 1.43 bits per heavy atom. The molecule has 0 bridgehead atoms. The van der Waals surface area contributed by atoms with E-state index in [-0.39, 0.29) is 31.3 Å². The molecule has 0 aliphatic rings. The summed E-state index contributed by atoms with van der Waals surface area (Å²) in [6.07, 6.45) is 1.94. The SMILES string of the molecule is Cc1ccc(CN(C(=O)CCCN(c2cc(C)cc(C)c2)S(C)(=O)=O)C(Cc2ccccc2)C(=O)NC(C)(C)C)cc1. The van der Waals surface area contributed by atoms with Gasteiger partial charge in [-0.2, -0.15) is 0 Å². The average molecular weight is 592 g/mol. The third-order valence-electron chi connectivity index (χ3n) is 6.89. The number of hydrogen-bond donors (Lipinski definition) is 1. The van der Waals surface area contributed by atoms with Crippen molar-refractivity contribution in [2.24, 2.45) is 0 Å². The molecule has 0 heterocycles. The van der Waals surface area contributed by atoms with E-state index in [1.807, 2.05) is 114 Å². The molecule has 1 atom stereocenters. The molecule has 3 aromatic rings. The largest absolute Gasteiger partial charge is 0.350 e. The summed E-state index contributed by atoms with van der Waals surface area (Å²) in [5, 5.41) is 3.08. The van der Waals surface area contributed by atoms with Crippen LogP contribution in [0.3, 0.4) is 0 Å². The Kier molecular flexibility index (Phi) is 11.0. The molecule has 0 aliphatic carbocycles. The molecule has 1 N–H and O–H groups in total. The number of carbonyl (C=O) groups is 2. The fourth-order valence-electron chi connectivity index (χ4n) is 5.00. The van der Waals surface area contributed by atoms with Crippen molar-refractivity contribution in [2.45, 2.75) is 78.9 Å². The summed E-state index contributed by atoms with van der Waals surface area (Å²) in [6, 6.07) is 22.5. The number of nitrogens with zero attached hydrogens (tertiary/aromatic N) is 2. The van der Waals surface area contributed by atoms with Gasteiger partial charge in [-0.1, -0.05) is 66.2 Å². The standard InChI is InChI=1S/C34H45N3O4S/c1-25-15-17-29(18-16-25)24-36(31(33(39)35-34(4,5)6)23-28-12-9-8-10-13-28)32(38)14-11-19-37(42(7,40)41)30-21-26(2)20-27(3)22-30/h8-10,12-13,15-18,20-22,31H,11,14,19,23-24H2,1-7H3,(H,35,39). The Hall–Kier alpha value is -3.65. The Balaban J connectivity index is 1.91. The van der Waals surface area contributed by atoms with Crippen LogP contribution in [0, 0.1) is 20.8 Å². The molecule has 1 unspecified atom stereocenters. The first kappa shape index (κ1) is 32.9.